The van der Waals surface area contributed by atoms with Crippen LogP contribution < -0.4 is 0 Å². The zero-order chi connectivity index (χ0) is 20.2. The fourth-order valence-electron chi connectivity index (χ4n) is 4.31. The summed E-state index contributed by atoms with van der Waals surface area (Å²) in [5.74, 6) is 0.499. The number of H-pyrrole nitrogens is 1. The van der Waals surface area contributed by atoms with E-state index in [1.165, 1.54) is 16.6 Å². The molecule has 3 aromatic rings. The van der Waals surface area contributed by atoms with Crippen molar-refractivity contribution in [2.45, 2.75) is 38.6 Å². The second-order valence-electron chi connectivity index (χ2n) is 8.03. The SMILES string of the molecule is CC(=O)N1CCC[C@@H](c2[nH]c3ncccc3c2CN(C)CCc2ccccn2)C1. The molecule has 4 rings (SSSR count). The molecule has 3 aromatic heterocycles. The van der Waals surface area contributed by atoms with Gasteiger partial charge in [0, 0.05) is 74.6 Å². The molecule has 0 spiro atoms. The first-order valence-electron chi connectivity index (χ1n) is 10.4. The summed E-state index contributed by atoms with van der Waals surface area (Å²) in [6.07, 6.45) is 6.75. The molecule has 0 bridgehead atoms. The molecule has 1 fully saturated rings. The number of piperidine rings is 1. The van der Waals surface area contributed by atoms with Gasteiger partial charge in [0.2, 0.25) is 5.91 Å². The Bertz CT molecular complexity index is 968. The highest BCUT2D eigenvalue weighted by Crippen LogP contribution is 2.33. The Morgan fingerprint density at radius 1 is 1.24 bits per heavy atom. The number of fused-ring (bicyclic) bond motifs is 1. The molecule has 6 heteroatoms. The van der Waals surface area contributed by atoms with Gasteiger partial charge in [-0.1, -0.05) is 6.07 Å². The van der Waals surface area contributed by atoms with Crippen LogP contribution in [-0.4, -0.2) is 57.3 Å². The third-order valence-electron chi connectivity index (χ3n) is 5.89. The van der Waals surface area contributed by atoms with Gasteiger partial charge in [0.15, 0.2) is 0 Å². The van der Waals surface area contributed by atoms with E-state index in [0.717, 1.165) is 56.8 Å². The number of rotatable bonds is 6. The minimum absolute atomic E-state index is 0.165. The van der Waals surface area contributed by atoms with Gasteiger partial charge < -0.3 is 14.8 Å². The molecule has 1 aliphatic rings. The summed E-state index contributed by atoms with van der Waals surface area (Å²) in [6.45, 7) is 5.11. The van der Waals surface area contributed by atoms with Crippen LogP contribution in [0.15, 0.2) is 42.7 Å². The Morgan fingerprint density at radius 2 is 2.10 bits per heavy atom. The number of likely N-dealkylation sites (N-methyl/N-ethyl adjacent to an activating group) is 1. The first kappa shape index (κ1) is 19.6. The van der Waals surface area contributed by atoms with E-state index >= 15 is 0 Å². The average molecular weight is 392 g/mol. The van der Waals surface area contributed by atoms with Crippen molar-refractivity contribution in [1.29, 1.82) is 0 Å². The standard InChI is InChI=1S/C23H29N5O/c1-17(29)28-13-6-7-18(15-28)22-21(20-9-5-12-25-23(20)26-22)16-27(2)14-10-19-8-3-4-11-24-19/h3-5,8-9,11-12,18H,6-7,10,13-16H2,1-2H3,(H,25,26)/t18-/m1/s1. The molecule has 152 valence electrons. The Kier molecular flexibility index (Phi) is 5.90. The van der Waals surface area contributed by atoms with Crippen LogP contribution in [0, 0.1) is 0 Å². The van der Waals surface area contributed by atoms with Gasteiger partial charge in [-0.3, -0.25) is 9.78 Å². The number of pyridine rings is 2. The van der Waals surface area contributed by atoms with Gasteiger partial charge >= 0.3 is 0 Å². The van der Waals surface area contributed by atoms with Gasteiger partial charge in [-0.15, -0.1) is 0 Å². The number of aromatic amines is 1. The summed E-state index contributed by atoms with van der Waals surface area (Å²) in [5.41, 5.74) is 4.61. The monoisotopic (exact) mass is 391 g/mol. The zero-order valence-electron chi connectivity index (χ0n) is 17.3. The normalized spacial score (nSPS) is 17.2. The smallest absolute Gasteiger partial charge is 0.219 e. The maximum absolute atomic E-state index is 11.9. The lowest BCUT2D eigenvalue weighted by molar-refractivity contribution is -0.130. The maximum atomic E-state index is 11.9. The van der Waals surface area contributed by atoms with Crippen LogP contribution in [0.25, 0.3) is 11.0 Å². The van der Waals surface area contributed by atoms with Crippen molar-refractivity contribution in [3.63, 3.8) is 0 Å². The Balaban J connectivity index is 1.55. The van der Waals surface area contributed by atoms with Crippen LogP contribution in [0.1, 0.15) is 42.6 Å². The third kappa shape index (κ3) is 4.48. The van der Waals surface area contributed by atoms with Gasteiger partial charge in [0.05, 0.1) is 0 Å². The third-order valence-corrected chi connectivity index (χ3v) is 5.89. The molecular weight excluding hydrogens is 362 g/mol. The molecule has 1 aliphatic heterocycles. The van der Waals surface area contributed by atoms with Gasteiger partial charge in [0.1, 0.15) is 5.65 Å². The van der Waals surface area contributed by atoms with Crippen molar-refractivity contribution in [3.05, 3.63) is 59.7 Å². The van der Waals surface area contributed by atoms with E-state index in [4.69, 9.17) is 0 Å². The zero-order valence-corrected chi connectivity index (χ0v) is 17.3. The fourth-order valence-corrected chi connectivity index (χ4v) is 4.31. The van der Waals surface area contributed by atoms with Gasteiger partial charge in [-0.25, -0.2) is 4.98 Å². The van der Waals surface area contributed by atoms with Crippen LogP contribution in [0.4, 0.5) is 0 Å². The van der Waals surface area contributed by atoms with Crippen LogP contribution >= 0.6 is 0 Å². The lowest BCUT2D eigenvalue weighted by Gasteiger charge is -2.32. The maximum Gasteiger partial charge on any atom is 0.219 e. The molecule has 1 saturated heterocycles. The van der Waals surface area contributed by atoms with E-state index in [1.807, 2.05) is 35.5 Å². The Labute approximate surface area is 172 Å². The molecule has 0 aliphatic carbocycles. The van der Waals surface area contributed by atoms with Crippen molar-refractivity contribution >= 4 is 16.9 Å². The predicted molar refractivity (Wildman–Crippen MR) is 115 cm³/mol. The van der Waals surface area contributed by atoms with Crippen LogP contribution in [0.5, 0.6) is 0 Å². The minimum Gasteiger partial charge on any atom is -0.343 e. The van der Waals surface area contributed by atoms with Crippen molar-refractivity contribution in [3.8, 4) is 0 Å². The highest BCUT2D eigenvalue weighted by Gasteiger charge is 2.27. The number of hydrogen-bond acceptors (Lipinski definition) is 4. The number of hydrogen-bond donors (Lipinski definition) is 1. The first-order chi connectivity index (χ1) is 14.1. The summed E-state index contributed by atoms with van der Waals surface area (Å²) in [7, 11) is 2.16. The second-order valence-corrected chi connectivity index (χ2v) is 8.03. The van der Waals surface area contributed by atoms with E-state index < -0.39 is 0 Å². The molecule has 0 radical (unpaired) electrons. The van der Waals surface area contributed by atoms with Crippen LogP contribution in [0.2, 0.25) is 0 Å². The van der Waals surface area contributed by atoms with Crippen molar-refractivity contribution in [1.82, 2.24) is 24.8 Å². The summed E-state index contributed by atoms with van der Waals surface area (Å²) < 4.78 is 0. The lowest BCUT2D eigenvalue weighted by atomic mass is 9.91. The fraction of sp³-hybridized carbons (Fsp3) is 0.435. The number of amides is 1. The molecule has 1 N–H and O–H groups in total. The number of carbonyl (C=O) groups excluding carboxylic acids is 1. The molecule has 0 saturated carbocycles. The number of likely N-dealkylation sites (tertiary alicyclic amines) is 1. The highest BCUT2D eigenvalue weighted by atomic mass is 16.2. The Morgan fingerprint density at radius 3 is 2.90 bits per heavy atom. The van der Waals surface area contributed by atoms with Crippen LogP contribution in [0.3, 0.4) is 0 Å². The molecule has 4 heterocycles. The molecule has 1 amide bonds. The molecule has 29 heavy (non-hydrogen) atoms. The van der Waals surface area contributed by atoms with Gasteiger partial charge in [-0.2, -0.15) is 0 Å². The number of aromatic nitrogens is 3. The highest BCUT2D eigenvalue weighted by molar-refractivity contribution is 5.81. The van der Waals surface area contributed by atoms with Crippen molar-refractivity contribution in [2.75, 3.05) is 26.7 Å². The molecule has 6 nitrogen and oxygen atoms in total. The second kappa shape index (κ2) is 8.74. The van der Waals surface area contributed by atoms with Crippen molar-refractivity contribution in [2.24, 2.45) is 0 Å². The summed E-state index contributed by atoms with van der Waals surface area (Å²) >= 11 is 0. The number of nitrogens with one attached hydrogen (secondary N) is 1. The number of nitrogens with zero attached hydrogens (tertiary/aromatic N) is 4. The van der Waals surface area contributed by atoms with E-state index in [-0.39, 0.29) is 5.91 Å². The molecular formula is C23H29N5O. The average Bonchev–Trinajstić information content (AvgIpc) is 3.11. The van der Waals surface area contributed by atoms with Gasteiger partial charge in [0.25, 0.3) is 0 Å². The summed E-state index contributed by atoms with van der Waals surface area (Å²) in [4.78, 5) is 28.8. The summed E-state index contributed by atoms with van der Waals surface area (Å²) in [6, 6.07) is 10.2. The van der Waals surface area contributed by atoms with Crippen molar-refractivity contribution < 1.29 is 4.79 Å². The van der Waals surface area contributed by atoms with E-state index in [9.17, 15) is 4.79 Å². The quantitative estimate of drug-likeness (QED) is 0.700. The minimum atomic E-state index is 0.165. The van der Waals surface area contributed by atoms with E-state index in [0.29, 0.717) is 5.92 Å². The topological polar surface area (TPSA) is 65.1 Å². The summed E-state index contributed by atoms with van der Waals surface area (Å²) in [5, 5.41) is 1.19. The predicted octanol–water partition coefficient (Wildman–Crippen LogP) is 3.36. The first-order valence-corrected chi connectivity index (χ1v) is 10.4. The molecule has 0 aromatic carbocycles. The largest absolute Gasteiger partial charge is 0.343 e. The van der Waals surface area contributed by atoms with Gasteiger partial charge in [-0.05, 0) is 49.7 Å². The van der Waals surface area contributed by atoms with E-state index in [2.05, 4.69) is 39.0 Å². The molecule has 0 unspecified atom stereocenters. The number of carbonyl (C=O) groups is 1. The lowest BCUT2D eigenvalue weighted by Crippen LogP contribution is -2.38. The molecule has 1 atom stereocenters. The van der Waals surface area contributed by atoms with E-state index in [1.54, 1.807) is 6.92 Å². The van der Waals surface area contributed by atoms with Crippen LogP contribution in [-0.2, 0) is 17.8 Å². The Hall–Kier alpha value is -2.73.